The number of hydrogen-bond donors (Lipinski definition) is 4. The van der Waals surface area contributed by atoms with E-state index in [1.54, 1.807) is 0 Å². The molecule has 1 rings (SSSR count). The molecule has 324 valence electrons. The fourth-order valence-electron chi connectivity index (χ4n) is 6.00. The topological polar surface area (TPSA) is 186 Å². The number of hydrogen-bond acceptors (Lipinski definition) is 11. The molecule has 1 heterocycles. The molecule has 0 bridgehead atoms. The standard InChI is InChI=1S/C43H74O12S/c1-3-5-7-9-11-13-15-17-19-21-23-25-27-29-31-38(44)52-33-36(34-53-43-42(48)41(47)40(46)37(55-43)35-56(49,50)51)54-39(45)32-30-28-26-24-22-20-18-16-14-12-10-8-6-4-2/h9-12,15-18,36-37,40-43,46-48H,3-8,13-14,19-35H2,1-2H3,(H,49,50,51)/b11-9+,12-10+,17-15+,18-16+/t36-,37-,40-,41?,42?,43+/m1/s1. The van der Waals surface area contributed by atoms with Crippen LogP contribution in [0, 0.1) is 0 Å². The molecule has 0 saturated carbocycles. The molecule has 0 aromatic heterocycles. The molecule has 1 fully saturated rings. The summed E-state index contributed by atoms with van der Waals surface area (Å²) < 4.78 is 53.9. The Labute approximate surface area is 337 Å². The van der Waals surface area contributed by atoms with Crippen LogP contribution < -0.4 is 0 Å². The van der Waals surface area contributed by atoms with Gasteiger partial charge in [-0.3, -0.25) is 14.1 Å². The van der Waals surface area contributed by atoms with Crippen LogP contribution in [0.4, 0.5) is 0 Å². The largest absolute Gasteiger partial charge is 0.462 e. The molecule has 1 aliphatic rings. The molecule has 0 radical (unpaired) electrons. The van der Waals surface area contributed by atoms with Gasteiger partial charge in [-0.1, -0.05) is 127 Å². The molecule has 56 heavy (non-hydrogen) atoms. The highest BCUT2D eigenvalue weighted by Crippen LogP contribution is 2.24. The second-order valence-corrected chi connectivity index (χ2v) is 16.1. The van der Waals surface area contributed by atoms with Crippen LogP contribution in [0.15, 0.2) is 48.6 Å². The third kappa shape index (κ3) is 28.1. The minimum Gasteiger partial charge on any atom is -0.462 e. The summed E-state index contributed by atoms with van der Waals surface area (Å²) in [6.45, 7) is 3.63. The van der Waals surface area contributed by atoms with Crippen LogP contribution in [0.25, 0.3) is 0 Å². The summed E-state index contributed by atoms with van der Waals surface area (Å²) >= 11 is 0. The van der Waals surface area contributed by atoms with Crippen molar-refractivity contribution in [3.05, 3.63) is 48.6 Å². The lowest BCUT2D eigenvalue weighted by atomic mass is 10.00. The van der Waals surface area contributed by atoms with Gasteiger partial charge in [-0.05, 0) is 64.2 Å². The van der Waals surface area contributed by atoms with Crippen molar-refractivity contribution in [1.82, 2.24) is 0 Å². The normalized spacial score (nSPS) is 21.1. The first-order valence-electron chi connectivity index (χ1n) is 21.2. The third-order valence-electron chi connectivity index (χ3n) is 9.38. The van der Waals surface area contributed by atoms with Crippen LogP contribution in [0.1, 0.15) is 155 Å². The van der Waals surface area contributed by atoms with Gasteiger partial charge < -0.3 is 34.3 Å². The maximum Gasteiger partial charge on any atom is 0.306 e. The van der Waals surface area contributed by atoms with Crippen molar-refractivity contribution in [3.8, 4) is 0 Å². The predicted octanol–water partition coefficient (Wildman–Crippen LogP) is 8.00. The molecule has 0 spiro atoms. The molecule has 1 aliphatic heterocycles. The van der Waals surface area contributed by atoms with E-state index in [2.05, 4.69) is 62.5 Å². The number of aliphatic hydroxyl groups is 3. The maximum absolute atomic E-state index is 12.8. The Morgan fingerprint density at radius 2 is 1.07 bits per heavy atom. The van der Waals surface area contributed by atoms with Gasteiger partial charge in [-0.25, -0.2) is 0 Å². The number of carbonyl (C=O) groups excluding carboxylic acids is 2. The molecule has 2 unspecified atom stereocenters. The molecular formula is C43H74O12S. The van der Waals surface area contributed by atoms with Crippen molar-refractivity contribution in [2.75, 3.05) is 19.0 Å². The summed E-state index contributed by atoms with van der Waals surface area (Å²) in [6, 6.07) is 0. The molecular weight excluding hydrogens is 741 g/mol. The van der Waals surface area contributed by atoms with E-state index in [0.29, 0.717) is 12.8 Å². The summed E-state index contributed by atoms with van der Waals surface area (Å²) in [5.74, 6) is -2.03. The van der Waals surface area contributed by atoms with E-state index >= 15 is 0 Å². The zero-order valence-corrected chi connectivity index (χ0v) is 35.0. The van der Waals surface area contributed by atoms with Crippen LogP contribution in [0.3, 0.4) is 0 Å². The Kier molecular flexibility index (Phi) is 30.9. The summed E-state index contributed by atoms with van der Waals surface area (Å²) in [5, 5.41) is 30.8. The van der Waals surface area contributed by atoms with E-state index in [9.17, 15) is 37.9 Å². The van der Waals surface area contributed by atoms with Gasteiger partial charge in [0, 0.05) is 12.8 Å². The molecule has 12 nitrogen and oxygen atoms in total. The second kappa shape index (κ2) is 33.6. The molecule has 1 saturated heterocycles. The van der Waals surface area contributed by atoms with Gasteiger partial charge in [0.15, 0.2) is 12.4 Å². The molecule has 13 heteroatoms. The Morgan fingerprint density at radius 3 is 1.57 bits per heavy atom. The van der Waals surface area contributed by atoms with E-state index in [0.717, 1.165) is 89.9 Å². The van der Waals surface area contributed by atoms with Crippen molar-refractivity contribution >= 4 is 22.1 Å². The highest BCUT2D eigenvalue weighted by Gasteiger charge is 2.46. The van der Waals surface area contributed by atoms with Gasteiger partial charge in [0.25, 0.3) is 10.1 Å². The first kappa shape index (κ1) is 51.6. The van der Waals surface area contributed by atoms with E-state index in [4.69, 9.17) is 18.9 Å². The number of unbranched alkanes of at least 4 members (excludes halogenated alkanes) is 14. The van der Waals surface area contributed by atoms with E-state index in [1.165, 1.54) is 25.7 Å². The molecule has 0 aromatic rings. The third-order valence-corrected chi connectivity index (χ3v) is 10.1. The lowest BCUT2D eigenvalue weighted by Gasteiger charge is -2.40. The van der Waals surface area contributed by atoms with Gasteiger partial charge in [-0.2, -0.15) is 8.42 Å². The quantitative estimate of drug-likeness (QED) is 0.0213. The van der Waals surface area contributed by atoms with E-state index in [-0.39, 0.29) is 19.4 Å². The van der Waals surface area contributed by atoms with Gasteiger partial charge >= 0.3 is 11.9 Å². The zero-order chi connectivity index (χ0) is 41.3. The first-order chi connectivity index (χ1) is 27.0. The van der Waals surface area contributed by atoms with Crippen molar-refractivity contribution in [2.45, 2.75) is 192 Å². The zero-order valence-electron chi connectivity index (χ0n) is 34.2. The molecule has 0 aromatic carbocycles. The fourth-order valence-corrected chi connectivity index (χ4v) is 6.69. The van der Waals surface area contributed by atoms with Gasteiger partial charge in [0.1, 0.15) is 36.8 Å². The summed E-state index contributed by atoms with van der Waals surface area (Å²) in [4.78, 5) is 25.3. The second-order valence-electron chi connectivity index (χ2n) is 14.6. The number of aliphatic hydroxyl groups excluding tert-OH is 3. The highest BCUT2D eigenvalue weighted by atomic mass is 32.2. The molecule has 0 amide bonds. The molecule has 0 aliphatic carbocycles. The van der Waals surface area contributed by atoms with E-state index < -0.39 is 71.2 Å². The highest BCUT2D eigenvalue weighted by molar-refractivity contribution is 7.85. The Balaban J connectivity index is 2.51. The Morgan fingerprint density at radius 1 is 0.607 bits per heavy atom. The van der Waals surface area contributed by atoms with Gasteiger partial charge in [-0.15, -0.1) is 0 Å². The minimum absolute atomic E-state index is 0.143. The summed E-state index contributed by atoms with van der Waals surface area (Å²) in [5.41, 5.74) is 0. The SMILES string of the molecule is CCCC/C=C/C/C=C/CCCCCCCC(=O)OC[C@H](CO[C@H]1O[C@H](CS(=O)(=O)O)[C@@H](O)C(O)C1O)OC(=O)CCCCCCC/C=C/C/C=C/CCCC. The Hall–Kier alpha value is -2.39. The number of carbonyl (C=O) groups is 2. The summed E-state index contributed by atoms with van der Waals surface area (Å²) in [6.07, 6.45) is 28.7. The number of ether oxygens (including phenoxy) is 4. The number of allylic oxidation sites excluding steroid dienone is 8. The van der Waals surface area contributed by atoms with Crippen molar-refractivity contribution in [1.29, 1.82) is 0 Å². The van der Waals surface area contributed by atoms with Crippen LogP contribution in [-0.4, -0.2) is 96.0 Å². The fraction of sp³-hybridized carbons (Fsp3) is 0.767. The maximum atomic E-state index is 12.8. The van der Waals surface area contributed by atoms with Gasteiger partial charge in [0.05, 0.1) is 6.61 Å². The molecule has 6 atom stereocenters. The predicted molar refractivity (Wildman–Crippen MR) is 219 cm³/mol. The first-order valence-corrected chi connectivity index (χ1v) is 22.8. The minimum atomic E-state index is -4.60. The van der Waals surface area contributed by atoms with Crippen LogP contribution in [0.5, 0.6) is 0 Å². The lowest BCUT2D eigenvalue weighted by Crippen LogP contribution is -2.60. The average molecular weight is 815 g/mol. The van der Waals surface area contributed by atoms with E-state index in [1.807, 2.05) is 0 Å². The van der Waals surface area contributed by atoms with Crippen LogP contribution in [-0.2, 0) is 38.7 Å². The van der Waals surface area contributed by atoms with Crippen molar-refractivity contribution < 1.29 is 56.8 Å². The monoisotopic (exact) mass is 814 g/mol. The smallest absolute Gasteiger partial charge is 0.306 e. The summed E-state index contributed by atoms with van der Waals surface area (Å²) in [7, 11) is -4.60. The van der Waals surface area contributed by atoms with Gasteiger partial charge in [0.2, 0.25) is 0 Å². The lowest BCUT2D eigenvalue weighted by molar-refractivity contribution is -0.297. The number of rotatable bonds is 34. The average Bonchev–Trinajstić information content (AvgIpc) is 3.16. The van der Waals surface area contributed by atoms with Crippen molar-refractivity contribution in [3.63, 3.8) is 0 Å². The van der Waals surface area contributed by atoms with Crippen LogP contribution >= 0.6 is 0 Å². The Bertz CT molecular complexity index is 1230. The molecule has 4 N–H and O–H groups in total. The number of esters is 2. The van der Waals surface area contributed by atoms with Crippen LogP contribution in [0.2, 0.25) is 0 Å². The van der Waals surface area contributed by atoms with Crippen molar-refractivity contribution in [2.24, 2.45) is 0 Å².